The number of nitrogens with zero attached hydrogens (tertiary/aromatic N) is 5. The summed E-state index contributed by atoms with van der Waals surface area (Å²) in [6, 6.07) is -0.669. The fraction of sp³-hybridized carbons (Fsp3) is 0.633. The predicted octanol–water partition coefficient (Wildman–Crippen LogP) is -3.17. The van der Waals surface area contributed by atoms with E-state index in [9.17, 15) is 58.5 Å². The molecule has 12 atom stereocenters. The molecule has 0 bridgehead atoms. The summed E-state index contributed by atoms with van der Waals surface area (Å²) in [4.78, 5) is 160. The number of benzene rings is 1. The Labute approximate surface area is 532 Å². The highest BCUT2D eigenvalue weighted by atomic mass is 32.1. The van der Waals surface area contributed by atoms with Gasteiger partial charge >= 0.3 is 5.97 Å². The third-order valence-corrected chi connectivity index (χ3v) is 18.4. The van der Waals surface area contributed by atoms with E-state index >= 15 is 4.79 Å². The molecule has 0 unspecified atom stereocenters. The van der Waals surface area contributed by atoms with Crippen molar-refractivity contribution in [2.24, 2.45) is 39.1 Å². The molecule has 0 radical (unpaired) electrons. The predicted molar refractivity (Wildman–Crippen MR) is 332 cm³/mol. The number of amides is 9. The molecule has 19 N–H and O–H groups in total. The van der Waals surface area contributed by atoms with Crippen molar-refractivity contribution in [3.8, 4) is 0 Å². The summed E-state index contributed by atoms with van der Waals surface area (Å²) < 4.78 is 0. The van der Waals surface area contributed by atoms with E-state index in [1.54, 1.807) is 35.7 Å². The first-order chi connectivity index (χ1) is 43.3. The maximum atomic E-state index is 15.4. The van der Waals surface area contributed by atoms with Gasteiger partial charge in [-0.25, -0.2) is 4.79 Å². The average Bonchev–Trinajstić information content (AvgIpc) is 1.66. The smallest absolute Gasteiger partial charge is 0.326 e. The van der Waals surface area contributed by atoms with Gasteiger partial charge in [-0.05, 0) is 112 Å². The van der Waals surface area contributed by atoms with Gasteiger partial charge in [-0.3, -0.25) is 52.9 Å². The molecule has 91 heavy (non-hydrogen) atoms. The van der Waals surface area contributed by atoms with Crippen molar-refractivity contribution in [3.63, 3.8) is 0 Å². The van der Waals surface area contributed by atoms with E-state index in [1.807, 2.05) is 13.0 Å². The van der Waals surface area contributed by atoms with Crippen molar-refractivity contribution >= 4 is 82.4 Å². The van der Waals surface area contributed by atoms with E-state index in [-0.39, 0.29) is 96.6 Å². The molecule has 2 aromatic rings. The summed E-state index contributed by atoms with van der Waals surface area (Å²) in [5.41, 5.74) is 29.3. The molecule has 1 saturated carbocycles. The van der Waals surface area contributed by atoms with Crippen LogP contribution in [0.4, 0.5) is 0 Å². The topological polar surface area (TPSA) is 484 Å². The van der Waals surface area contributed by atoms with Gasteiger partial charge in [0.1, 0.15) is 48.3 Å². The van der Waals surface area contributed by atoms with E-state index < -0.39 is 150 Å². The highest BCUT2D eigenvalue weighted by Gasteiger charge is 2.56. The number of aliphatic hydroxyl groups is 2. The first-order valence-electron chi connectivity index (χ1n) is 31.1. The summed E-state index contributed by atoms with van der Waals surface area (Å²) in [6.45, 7) is 1.96. The van der Waals surface area contributed by atoms with Gasteiger partial charge in [-0.2, -0.15) is 0 Å². The number of nitrogens with one attached hydrogen (secondary N) is 5. The van der Waals surface area contributed by atoms with Gasteiger partial charge in [0.2, 0.25) is 53.2 Å². The molecular formula is C60H91N15O15S. The molecular weight excluding hydrogens is 1200 g/mol. The van der Waals surface area contributed by atoms with Gasteiger partial charge in [-0.1, -0.05) is 50.1 Å². The minimum Gasteiger partial charge on any atom is -0.481 e. The van der Waals surface area contributed by atoms with Gasteiger partial charge in [0, 0.05) is 63.3 Å². The molecule has 1 aliphatic carbocycles. The van der Waals surface area contributed by atoms with Crippen molar-refractivity contribution in [1.82, 2.24) is 46.2 Å². The van der Waals surface area contributed by atoms with Crippen molar-refractivity contribution in [3.05, 3.63) is 57.8 Å². The number of aliphatic carboxylic acids is 2. The first-order valence-corrected chi connectivity index (χ1v) is 31.9. The van der Waals surface area contributed by atoms with Crippen LogP contribution in [0, 0.1) is 5.41 Å². The van der Waals surface area contributed by atoms with Gasteiger partial charge in [0.05, 0.1) is 25.3 Å². The highest BCUT2D eigenvalue weighted by molar-refractivity contribution is 7.09. The Kier molecular flexibility index (Phi) is 27.0. The van der Waals surface area contributed by atoms with Gasteiger partial charge in [-0.15, -0.1) is 11.3 Å². The zero-order valence-corrected chi connectivity index (χ0v) is 52.5. The standard InChI is InChI=1S/C58H87N15O13S.C2H4O2/c1-58-19-5-4-18-46(58)73(45(28-58)51(80)68-39(56(85)86)16-7-21-60)55(84)44-25-33-11-2-3-12-34(33)30-71(44)53(82)41(32-74)69-49(78)40(27-36-13-10-24-87-36)66-47(76)29-65-50(79)43-26-35(75)31-72(43)54(83)42-17-9-23-70(42)52(81)38(15-6-20-59)67-48(77)37(61)14-8-22-64-57(62)63;1-2(3)4/h2-3,10-13,24,35,37-46,74-75H,4-9,14-23,25-32,59-61H2,1H3,(H,65,79)(H,66,76)(H,67,77)(H,68,80)(H,69,78)(H,85,86)(H4,62,63,64);1H3,(H,3,4)/t35-,37-,38+,39+,40+,41+,42+,43+,44-,45+,46+,58+;/m1./s1. The molecule has 3 saturated heterocycles. The minimum atomic E-state index is -1.65. The Morgan fingerprint density at radius 2 is 1.40 bits per heavy atom. The van der Waals surface area contributed by atoms with Crippen LogP contribution in [0.3, 0.4) is 0 Å². The number of likely N-dealkylation sites (tertiary alicyclic amines) is 3. The van der Waals surface area contributed by atoms with Crippen LogP contribution in [0.15, 0.2) is 46.8 Å². The normalized spacial score (nSPS) is 23.3. The number of aliphatic imine (C=N–C) groups is 1. The average molecular weight is 1290 g/mol. The lowest BCUT2D eigenvalue weighted by atomic mass is 9.71. The number of rotatable bonds is 28. The fourth-order valence-corrected chi connectivity index (χ4v) is 13.6. The summed E-state index contributed by atoms with van der Waals surface area (Å²) in [6.07, 6.45) is 4.01. The number of carbonyl (C=O) groups is 11. The Balaban J connectivity index is 0.00000319. The van der Waals surface area contributed by atoms with Crippen LogP contribution in [0.2, 0.25) is 0 Å². The Hall–Kier alpha value is -7.84. The molecule has 9 amide bonds. The van der Waals surface area contributed by atoms with E-state index in [2.05, 4.69) is 31.6 Å². The molecule has 4 aliphatic heterocycles. The third-order valence-electron chi connectivity index (χ3n) is 17.5. The second kappa shape index (κ2) is 34.0. The second-order valence-corrected chi connectivity index (χ2v) is 25.2. The summed E-state index contributed by atoms with van der Waals surface area (Å²) >= 11 is 1.28. The lowest BCUT2D eigenvalue weighted by Crippen LogP contribution is -2.63. The zero-order valence-electron chi connectivity index (χ0n) is 51.7. The molecule has 31 heteroatoms. The van der Waals surface area contributed by atoms with Crippen LogP contribution in [0.5, 0.6) is 0 Å². The number of nitrogens with two attached hydrogens (primary N) is 5. The number of hydrogen-bond donors (Lipinski definition) is 14. The van der Waals surface area contributed by atoms with Crippen LogP contribution in [0.1, 0.15) is 120 Å². The van der Waals surface area contributed by atoms with Gasteiger partial charge in [0.25, 0.3) is 5.97 Å². The maximum Gasteiger partial charge on any atom is 0.326 e. The molecule has 5 heterocycles. The van der Waals surface area contributed by atoms with E-state index in [4.69, 9.17) is 38.6 Å². The number of fused-ring (bicyclic) bond motifs is 2. The van der Waals surface area contributed by atoms with Crippen LogP contribution in [-0.2, 0) is 72.1 Å². The van der Waals surface area contributed by atoms with Crippen LogP contribution in [-0.4, -0.2) is 223 Å². The number of thiophene rings is 1. The molecule has 502 valence electrons. The maximum absolute atomic E-state index is 15.4. The van der Waals surface area contributed by atoms with Crippen molar-refractivity contribution in [2.75, 3.05) is 45.9 Å². The number of guanidine groups is 1. The van der Waals surface area contributed by atoms with Crippen LogP contribution >= 0.6 is 11.3 Å². The van der Waals surface area contributed by atoms with E-state index in [0.717, 1.165) is 25.3 Å². The molecule has 1 aromatic carbocycles. The number of hydrogen-bond acceptors (Lipinski definition) is 18. The monoisotopic (exact) mass is 1290 g/mol. The molecule has 0 spiro atoms. The van der Waals surface area contributed by atoms with E-state index in [0.29, 0.717) is 49.0 Å². The highest BCUT2D eigenvalue weighted by Crippen LogP contribution is 2.50. The van der Waals surface area contributed by atoms with Gasteiger partial charge in [0.15, 0.2) is 5.96 Å². The first kappa shape index (κ1) is 72.2. The Morgan fingerprint density at radius 1 is 0.725 bits per heavy atom. The summed E-state index contributed by atoms with van der Waals surface area (Å²) in [7, 11) is 0. The lowest BCUT2D eigenvalue weighted by molar-refractivity contribution is -0.154. The minimum absolute atomic E-state index is 0.0289. The number of carboxylic acids is 2. The summed E-state index contributed by atoms with van der Waals surface area (Å²) in [5, 5.41) is 54.1. The summed E-state index contributed by atoms with van der Waals surface area (Å²) in [5.74, 6) is -8.44. The van der Waals surface area contributed by atoms with Crippen molar-refractivity contribution in [2.45, 2.75) is 190 Å². The van der Waals surface area contributed by atoms with Crippen LogP contribution in [0.25, 0.3) is 0 Å². The second-order valence-electron chi connectivity index (χ2n) is 24.2. The number of carbonyl (C=O) groups excluding carboxylic acids is 9. The van der Waals surface area contributed by atoms with Crippen molar-refractivity contribution < 1.29 is 73.2 Å². The molecule has 4 fully saturated rings. The number of aliphatic hydroxyl groups excluding tert-OH is 2. The molecule has 30 nitrogen and oxygen atoms in total. The Bertz CT molecular complexity index is 2930. The quantitative estimate of drug-likeness (QED) is 0.0227. The molecule has 7 rings (SSSR count). The fourth-order valence-electron chi connectivity index (χ4n) is 12.9. The molecule has 5 aliphatic rings. The number of β-amino-alcohol motifs (C(OH)–C–C–N with tert-alkyl or cyclic N) is 1. The lowest BCUT2D eigenvalue weighted by Gasteiger charge is -2.44. The Morgan fingerprint density at radius 3 is 2.04 bits per heavy atom. The van der Waals surface area contributed by atoms with E-state index in [1.165, 1.54) is 30.9 Å². The zero-order chi connectivity index (χ0) is 66.7. The third kappa shape index (κ3) is 19.4. The van der Waals surface area contributed by atoms with Gasteiger partial charge < -0.3 is 95.3 Å². The number of carboxylic acid groups (broad SMARTS) is 2. The van der Waals surface area contributed by atoms with Crippen molar-refractivity contribution in [1.29, 1.82) is 0 Å². The SMILES string of the molecule is CC(=O)O.C[C@@]12CCCC[C@@H]1N(C(=O)[C@H]1Cc3ccccc3CN1C(=O)[C@H](CO)NC(=O)[C@H](Cc1cccs1)NC(=O)CNC(=O)[C@@H]1C[C@@H](O)CN1C(=O)[C@@H]1CCCN1C(=O)[C@H](CCCN)NC(=O)[C@H](N)CCCN=C(N)N)[C@H](C(=O)N[C@@H](CCCN)C(=O)O)C2. The molecule has 1 aromatic heterocycles. The van der Waals surface area contributed by atoms with Crippen LogP contribution < -0.4 is 55.3 Å². The largest absolute Gasteiger partial charge is 0.481 e.